The fourth-order valence-electron chi connectivity index (χ4n) is 1.20. The molecular formula is C11H12FN3O3S. The van der Waals surface area contributed by atoms with Gasteiger partial charge in [-0.2, -0.15) is 0 Å². The summed E-state index contributed by atoms with van der Waals surface area (Å²) in [6, 6.07) is 3.50. The number of benzene rings is 1. The van der Waals surface area contributed by atoms with E-state index < -0.39 is 17.6 Å². The molecule has 0 radical (unpaired) electrons. The minimum absolute atomic E-state index is 0.0560. The van der Waals surface area contributed by atoms with Crippen LogP contribution in [0.4, 0.5) is 10.1 Å². The van der Waals surface area contributed by atoms with Gasteiger partial charge in [-0.3, -0.25) is 9.59 Å². The zero-order chi connectivity index (χ0) is 14.4. The van der Waals surface area contributed by atoms with Crippen molar-refractivity contribution in [1.29, 1.82) is 0 Å². The number of carbonyl (C=O) groups excluding carboxylic acids is 2. The Morgan fingerprint density at radius 3 is 2.68 bits per heavy atom. The Morgan fingerprint density at radius 2 is 2.11 bits per heavy atom. The Labute approximate surface area is 114 Å². The molecule has 0 aliphatic carbocycles. The van der Waals surface area contributed by atoms with E-state index in [0.717, 1.165) is 12.1 Å². The molecule has 0 saturated heterocycles. The van der Waals surface area contributed by atoms with Crippen molar-refractivity contribution in [3.05, 3.63) is 24.0 Å². The van der Waals surface area contributed by atoms with Gasteiger partial charge in [0.1, 0.15) is 11.6 Å². The number of carbonyl (C=O) groups is 2. The zero-order valence-corrected chi connectivity index (χ0v) is 10.8. The maximum atomic E-state index is 12.9. The van der Waals surface area contributed by atoms with Gasteiger partial charge in [0.2, 0.25) is 0 Å². The average Bonchev–Trinajstić information content (AvgIpc) is 2.37. The van der Waals surface area contributed by atoms with Gasteiger partial charge < -0.3 is 21.1 Å². The minimum Gasteiger partial charge on any atom is -0.494 e. The molecule has 1 aromatic carbocycles. The van der Waals surface area contributed by atoms with Crippen molar-refractivity contribution >= 4 is 34.7 Å². The van der Waals surface area contributed by atoms with Gasteiger partial charge in [-0.1, -0.05) is 12.2 Å². The summed E-state index contributed by atoms with van der Waals surface area (Å²) in [6.07, 6.45) is 0. The molecule has 0 atom stereocenters. The zero-order valence-electron chi connectivity index (χ0n) is 10.0. The number of rotatable bonds is 4. The van der Waals surface area contributed by atoms with E-state index in [1.54, 1.807) is 0 Å². The number of halogens is 1. The largest absolute Gasteiger partial charge is 0.494 e. The molecule has 0 bridgehead atoms. The predicted molar refractivity (Wildman–Crippen MR) is 71.4 cm³/mol. The third-order valence-corrected chi connectivity index (χ3v) is 2.19. The van der Waals surface area contributed by atoms with Crippen LogP contribution < -0.4 is 21.1 Å². The van der Waals surface area contributed by atoms with E-state index in [4.69, 9.17) is 10.5 Å². The maximum Gasteiger partial charge on any atom is 0.313 e. The van der Waals surface area contributed by atoms with Crippen LogP contribution in [-0.4, -0.2) is 30.5 Å². The normalized spacial score (nSPS) is 9.58. The van der Waals surface area contributed by atoms with Crippen LogP contribution in [0.5, 0.6) is 5.75 Å². The number of hydrogen-bond acceptors (Lipinski definition) is 4. The van der Waals surface area contributed by atoms with Crippen LogP contribution in [0.1, 0.15) is 0 Å². The van der Waals surface area contributed by atoms with Crippen LogP contribution in [-0.2, 0) is 9.59 Å². The van der Waals surface area contributed by atoms with Crippen LogP contribution in [0.25, 0.3) is 0 Å². The summed E-state index contributed by atoms with van der Waals surface area (Å²) in [5, 5.41) is 4.50. The van der Waals surface area contributed by atoms with E-state index in [0.29, 0.717) is 0 Å². The summed E-state index contributed by atoms with van der Waals surface area (Å²) in [5.41, 5.74) is 5.36. The predicted octanol–water partition coefficient (Wildman–Crippen LogP) is 0.175. The van der Waals surface area contributed by atoms with Crippen molar-refractivity contribution in [2.45, 2.75) is 0 Å². The summed E-state index contributed by atoms with van der Waals surface area (Å²) in [4.78, 5) is 22.9. The summed E-state index contributed by atoms with van der Waals surface area (Å²) in [5.74, 6) is -2.25. The molecule has 2 amide bonds. The first-order valence-electron chi connectivity index (χ1n) is 5.15. The van der Waals surface area contributed by atoms with E-state index in [1.807, 2.05) is 0 Å². The van der Waals surface area contributed by atoms with Crippen LogP contribution in [0.2, 0.25) is 0 Å². The first-order valence-corrected chi connectivity index (χ1v) is 5.56. The van der Waals surface area contributed by atoms with Crippen molar-refractivity contribution in [3.8, 4) is 5.75 Å². The Hall–Kier alpha value is -2.22. The molecule has 0 heterocycles. The van der Waals surface area contributed by atoms with E-state index in [1.165, 1.54) is 13.2 Å². The van der Waals surface area contributed by atoms with Gasteiger partial charge in [-0.25, -0.2) is 4.39 Å². The number of hydrogen-bond donors (Lipinski definition) is 3. The topological polar surface area (TPSA) is 93.4 Å². The third-order valence-electron chi connectivity index (χ3n) is 2.04. The fraction of sp³-hybridized carbons (Fsp3) is 0.182. The van der Waals surface area contributed by atoms with Gasteiger partial charge >= 0.3 is 11.8 Å². The molecule has 0 saturated carbocycles. The highest BCUT2D eigenvalue weighted by Crippen LogP contribution is 2.24. The summed E-state index contributed by atoms with van der Waals surface area (Å²) >= 11 is 4.55. The van der Waals surface area contributed by atoms with Crippen LogP contribution in [0.15, 0.2) is 18.2 Å². The highest BCUT2D eigenvalue weighted by atomic mass is 32.1. The average molecular weight is 285 g/mol. The lowest BCUT2D eigenvalue weighted by Crippen LogP contribution is -2.39. The van der Waals surface area contributed by atoms with Crippen molar-refractivity contribution in [2.75, 3.05) is 19.0 Å². The molecule has 0 fully saturated rings. The van der Waals surface area contributed by atoms with Crippen molar-refractivity contribution in [3.63, 3.8) is 0 Å². The molecule has 1 aromatic rings. The fourth-order valence-corrected chi connectivity index (χ4v) is 1.27. The quantitative estimate of drug-likeness (QED) is 0.542. The highest BCUT2D eigenvalue weighted by molar-refractivity contribution is 7.80. The SMILES string of the molecule is COc1cc(F)ccc1NC(=O)C(=O)NCC(N)=S. The number of nitrogens with one attached hydrogen (secondary N) is 2. The Kier molecular flexibility index (Phi) is 5.19. The first kappa shape index (κ1) is 14.8. The first-order chi connectivity index (χ1) is 8.93. The van der Waals surface area contributed by atoms with Gasteiger partial charge in [0.05, 0.1) is 24.3 Å². The summed E-state index contributed by atoms with van der Waals surface area (Å²) in [7, 11) is 1.32. The molecule has 19 heavy (non-hydrogen) atoms. The molecule has 8 heteroatoms. The molecule has 1 rings (SSSR count). The molecular weight excluding hydrogens is 273 g/mol. The van der Waals surface area contributed by atoms with E-state index in [2.05, 4.69) is 22.9 Å². The van der Waals surface area contributed by atoms with E-state index in [-0.39, 0.29) is 23.0 Å². The molecule has 0 aliphatic heterocycles. The van der Waals surface area contributed by atoms with Crippen molar-refractivity contribution < 1.29 is 18.7 Å². The molecule has 102 valence electrons. The second-order valence-corrected chi connectivity index (χ2v) is 3.97. The standard InChI is InChI=1S/C11H12FN3O3S/c1-18-8-4-6(12)2-3-7(8)15-11(17)10(16)14-5-9(13)19/h2-4H,5H2,1H3,(H2,13,19)(H,14,16)(H,15,17). The Balaban J connectivity index is 2.71. The lowest BCUT2D eigenvalue weighted by atomic mass is 10.2. The van der Waals surface area contributed by atoms with Crippen LogP contribution in [0, 0.1) is 5.82 Å². The lowest BCUT2D eigenvalue weighted by molar-refractivity contribution is -0.135. The molecule has 0 spiro atoms. The van der Waals surface area contributed by atoms with Crippen LogP contribution >= 0.6 is 12.2 Å². The van der Waals surface area contributed by atoms with Crippen molar-refractivity contribution in [1.82, 2.24) is 5.32 Å². The lowest BCUT2D eigenvalue weighted by Gasteiger charge is -2.10. The summed E-state index contributed by atoms with van der Waals surface area (Å²) in [6.45, 7) is -0.0812. The number of thiocarbonyl (C=S) groups is 1. The monoisotopic (exact) mass is 285 g/mol. The number of anilines is 1. The van der Waals surface area contributed by atoms with Gasteiger partial charge in [-0.05, 0) is 12.1 Å². The number of nitrogens with two attached hydrogens (primary N) is 1. The van der Waals surface area contributed by atoms with E-state index >= 15 is 0 Å². The Morgan fingerprint density at radius 1 is 1.42 bits per heavy atom. The number of ether oxygens (including phenoxy) is 1. The van der Waals surface area contributed by atoms with Crippen molar-refractivity contribution in [2.24, 2.45) is 5.73 Å². The molecule has 0 unspecified atom stereocenters. The van der Waals surface area contributed by atoms with Gasteiger partial charge in [0, 0.05) is 6.07 Å². The molecule has 6 nitrogen and oxygen atoms in total. The third kappa shape index (κ3) is 4.51. The number of methoxy groups -OCH3 is 1. The maximum absolute atomic E-state index is 12.9. The minimum atomic E-state index is -0.929. The highest BCUT2D eigenvalue weighted by Gasteiger charge is 2.15. The van der Waals surface area contributed by atoms with E-state index in [9.17, 15) is 14.0 Å². The second kappa shape index (κ2) is 6.64. The Bertz CT molecular complexity index is 522. The molecule has 4 N–H and O–H groups in total. The van der Waals surface area contributed by atoms with Gasteiger partial charge in [-0.15, -0.1) is 0 Å². The van der Waals surface area contributed by atoms with Gasteiger partial charge in [0.15, 0.2) is 0 Å². The van der Waals surface area contributed by atoms with Crippen LogP contribution in [0.3, 0.4) is 0 Å². The molecule has 0 aliphatic rings. The number of amides is 2. The second-order valence-electron chi connectivity index (χ2n) is 3.45. The summed E-state index contributed by atoms with van der Waals surface area (Å²) < 4.78 is 17.8. The molecule has 0 aromatic heterocycles. The van der Waals surface area contributed by atoms with Gasteiger partial charge in [0.25, 0.3) is 0 Å². The smallest absolute Gasteiger partial charge is 0.313 e.